The Bertz CT molecular complexity index is 797. The number of aryl methyl sites for hydroxylation is 1. The minimum Gasteiger partial charge on any atom is -0.375 e. The summed E-state index contributed by atoms with van der Waals surface area (Å²) in [6.07, 6.45) is 0.764. The van der Waals surface area contributed by atoms with Crippen LogP contribution in [0.3, 0.4) is 0 Å². The second kappa shape index (κ2) is 9.53. The van der Waals surface area contributed by atoms with Crippen molar-refractivity contribution in [2.45, 2.75) is 39.8 Å². The number of nitro benzene ring substituents is 1. The van der Waals surface area contributed by atoms with Crippen LogP contribution in [0, 0.1) is 17.0 Å². The van der Waals surface area contributed by atoms with Gasteiger partial charge in [-0.3, -0.25) is 20.2 Å². The van der Waals surface area contributed by atoms with E-state index in [4.69, 9.17) is 4.74 Å². The topological polar surface area (TPSA) is 132 Å². The summed E-state index contributed by atoms with van der Waals surface area (Å²) in [6, 6.07) is 6.19. The second-order valence-electron chi connectivity index (χ2n) is 5.90. The third-order valence-electron chi connectivity index (χ3n) is 3.60. The minimum atomic E-state index is -0.437. The molecule has 1 aromatic heterocycles. The minimum absolute atomic E-state index is 0.0463. The van der Waals surface area contributed by atoms with Crippen LogP contribution in [0.1, 0.15) is 31.7 Å². The van der Waals surface area contributed by atoms with Gasteiger partial charge >= 0.3 is 0 Å². The zero-order valence-electron chi connectivity index (χ0n) is 15.4. The van der Waals surface area contributed by atoms with Gasteiger partial charge in [-0.05, 0) is 31.0 Å². The number of hydrogen-bond donors (Lipinski definition) is 2. The predicted octanol–water partition coefficient (Wildman–Crippen LogP) is 2.45. The number of carbonyl (C=O) groups is 1. The first-order chi connectivity index (χ1) is 12.9. The largest absolute Gasteiger partial charge is 0.375 e. The van der Waals surface area contributed by atoms with Gasteiger partial charge in [-0.25, -0.2) is 0 Å². The highest BCUT2D eigenvalue weighted by Crippen LogP contribution is 2.13. The zero-order chi connectivity index (χ0) is 19.8. The molecule has 1 amide bonds. The van der Waals surface area contributed by atoms with Gasteiger partial charge in [0.2, 0.25) is 17.8 Å². The molecule has 1 aromatic carbocycles. The molecule has 2 rings (SSSR count). The molecule has 0 aliphatic heterocycles. The van der Waals surface area contributed by atoms with Crippen molar-refractivity contribution in [1.82, 2.24) is 15.0 Å². The van der Waals surface area contributed by atoms with Crippen molar-refractivity contribution in [3.63, 3.8) is 0 Å². The number of benzene rings is 1. The summed E-state index contributed by atoms with van der Waals surface area (Å²) in [4.78, 5) is 33.8. The highest BCUT2D eigenvalue weighted by atomic mass is 16.6. The lowest BCUT2D eigenvalue weighted by molar-refractivity contribution is -0.384. The standard InChI is InChI=1S/C17H22N6O4/c1-4-14(10-27-9-13-5-7-15(8-6-13)23(25)26)21-17-19-11(2)18-16(22-17)20-12(3)24/h5-8,14H,4,9-10H2,1-3H3,(H2,18,19,20,21,22,24). The number of ether oxygens (including phenoxy) is 1. The molecule has 27 heavy (non-hydrogen) atoms. The predicted molar refractivity (Wildman–Crippen MR) is 99.3 cm³/mol. The summed E-state index contributed by atoms with van der Waals surface area (Å²) in [7, 11) is 0. The highest BCUT2D eigenvalue weighted by Gasteiger charge is 2.11. The lowest BCUT2D eigenvalue weighted by Crippen LogP contribution is -2.26. The summed E-state index contributed by atoms with van der Waals surface area (Å²) in [5.41, 5.74) is 0.895. The number of carbonyl (C=O) groups excluding carboxylic acids is 1. The number of nitrogens with one attached hydrogen (secondary N) is 2. The molecule has 0 saturated carbocycles. The van der Waals surface area contributed by atoms with Crippen molar-refractivity contribution >= 4 is 23.5 Å². The van der Waals surface area contributed by atoms with Gasteiger partial charge in [0.1, 0.15) is 5.82 Å². The number of hydrogen-bond acceptors (Lipinski definition) is 8. The first-order valence-corrected chi connectivity index (χ1v) is 8.45. The van der Waals surface area contributed by atoms with Crippen LogP contribution in [-0.4, -0.2) is 38.4 Å². The van der Waals surface area contributed by atoms with Crippen molar-refractivity contribution in [1.29, 1.82) is 0 Å². The second-order valence-corrected chi connectivity index (χ2v) is 5.90. The van der Waals surface area contributed by atoms with E-state index in [2.05, 4.69) is 25.6 Å². The van der Waals surface area contributed by atoms with Crippen molar-refractivity contribution in [2.75, 3.05) is 17.2 Å². The molecule has 0 fully saturated rings. The van der Waals surface area contributed by atoms with E-state index in [0.29, 0.717) is 25.0 Å². The lowest BCUT2D eigenvalue weighted by Gasteiger charge is -2.17. The van der Waals surface area contributed by atoms with E-state index >= 15 is 0 Å². The number of aromatic nitrogens is 3. The van der Waals surface area contributed by atoms with Crippen LogP contribution in [0.4, 0.5) is 17.6 Å². The Kier molecular flexibility index (Phi) is 7.12. The number of rotatable bonds is 9. The smallest absolute Gasteiger partial charge is 0.269 e. The fourth-order valence-electron chi connectivity index (χ4n) is 2.24. The maximum Gasteiger partial charge on any atom is 0.269 e. The molecule has 0 radical (unpaired) electrons. The first kappa shape index (κ1) is 20.2. The maximum atomic E-state index is 11.2. The van der Waals surface area contributed by atoms with Gasteiger partial charge in [-0.2, -0.15) is 15.0 Å². The number of non-ortho nitro benzene ring substituents is 1. The first-order valence-electron chi connectivity index (χ1n) is 8.45. The van der Waals surface area contributed by atoms with Gasteiger partial charge in [0.15, 0.2) is 0 Å². The van der Waals surface area contributed by atoms with E-state index in [1.165, 1.54) is 19.1 Å². The molecular formula is C17H22N6O4. The molecule has 0 aliphatic rings. The Morgan fingerprint density at radius 1 is 1.22 bits per heavy atom. The summed E-state index contributed by atoms with van der Waals surface area (Å²) in [6.45, 7) is 5.82. The van der Waals surface area contributed by atoms with Gasteiger partial charge < -0.3 is 10.1 Å². The lowest BCUT2D eigenvalue weighted by atomic mass is 10.2. The van der Waals surface area contributed by atoms with Crippen LogP contribution in [0.15, 0.2) is 24.3 Å². The van der Waals surface area contributed by atoms with Crippen molar-refractivity contribution in [3.8, 4) is 0 Å². The molecule has 1 unspecified atom stereocenters. The van der Waals surface area contributed by atoms with E-state index in [1.54, 1.807) is 19.1 Å². The summed E-state index contributed by atoms with van der Waals surface area (Å²) >= 11 is 0. The molecule has 2 N–H and O–H groups in total. The molecule has 2 aromatic rings. The van der Waals surface area contributed by atoms with E-state index in [0.717, 1.165) is 12.0 Å². The van der Waals surface area contributed by atoms with Gasteiger partial charge in [0.05, 0.1) is 24.2 Å². The van der Waals surface area contributed by atoms with E-state index in [9.17, 15) is 14.9 Å². The number of nitro groups is 1. The molecule has 0 aliphatic carbocycles. The quantitative estimate of drug-likeness (QED) is 0.505. The van der Waals surface area contributed by atoms with E-state index < -0.39 is 4.92 Å². The van der Waals surface area contributed by atoms with Gasteiger partial charge in [-0.15, -0.1) is 0 Å². The van der Waals surface area contributed by atoms with Crippen molar-refractivity contribution in [2.24, 2.45) is 0 Å². The molecule has 10 heteroatoms. The van der Waals surface area contributed by atoms with Gasteiger partial charge in [-0.1, -0.05) is 6.92 Å². The van der Waals surface area contributed by atoms with Gasteiger partial charge in [0.25, 0.3) is 5.69 Å². The van der Waals surface area contributed by atoms with Crippen molar-refractivity contribution < 1.29 is 14.5 Å². The molecule has 144 valence electrons. The number of anilines is 2. The Hall–Kier alpha value is -3.14. The Labute approximate surface area is 156 Å². The third-order valence-corrected chi connectivity index (χ3v) is 3.60. The fourth-order valence-corrected chi connectivity index (χ4v) is 2.24. The van der Waals surface area contributed by atoms with Crippen LogP contribution in [-0.2, 0) is 16.1 Å². The Morgan fingerprint density at radius 3 is 2.48 bits per heavy atom. The Balaban J connectivity index is 1.90. The highest BCUT2D eigenvalue weighted by molar-refractivity contribution is 5.86. The van der Waals surface area contributed by atoms with Gasteiger partial charge in [0, 0.05) is 19.1 Å². The summed E-state index contributed by atoms with van der Waals surface area (Å²) < 4.78 is 5.70. The summed E-state index contributed by atoms with van der Waals surface area (Å²) in [5.74, 6) is 0.777. The molecule has 1 heterocycles. The number of nitrogens with zero attached hydrogens (tertiary/aromatic N) is 4. The normalized spacial score (nSPS) is 11.7. The van der Waals surface area contributed by atoms with Crippen LogP contribution in [0.5, 0.6) is 0 Å². The van der Waals surface area contributed by atoms with Crippen LogP contribution in [0.25, 0.3) is 0 Å². The maximum absolute atomic E-state index is 11.2. The van der Waals surface area contributed by atoms with E-state index in [1.807, 2.05) is 6.92 Å². The molecule has 0 bridgehead atoms. The summed E-state index contributed by atoms with van der Waals surface area (Å²) in [5, 5.41) is 16.4. The fraction of sp³-hybridized carbons (Fsp3) is 0.412. The zero-order valence-corrected chi connectivity index (χ0v) is 15.4. The number of amides is 1. The molecule has 1 atom stereocenters. The van der Waals surface area contributed by atoms with Crippen LogP contribution >= 0.6 is 0 Å². The third kappa shape index (κ3) is 6.59. The average molecular weight is 374 g/mol. The molecular weight excluding hydrogens is 352 g/mol. The molecule has 0 spiro atoms. The average Bonchev–Trinajstić information content (AvgIpc) is 2.60. The molecule has 0 saturated heterocycles. The monoisotopic (exact) mass is 374 g/mol. The van der Waals surface area contributed by atoms with Crippen LogP contribution in [0.2, 0.25) is 0 Å². The van der Waals surface area contributed by atoms with Crippen molar-refractivity contribution in [3.05, 3.63) is 45.8 Å². The molecule has 10 nitrogen and oxygen atoms in total. The van der Waals surface area contributed by atoms with E-state index in [-0.39, 0.29) is 23.6 Å². The SMILES string of the molecule is CCC(COCc1ccc([N+](=O)[O-])cc1)Nc1nc(C)nc(NC(C)=O)n1. The van der Waals surface area contributed by atoms with Crippen LogP contribution < -0.4 is 10.6 Å². The Morgan fingerprint density at radius 2 is 1.89 bits per heavy atom.